The van der Waals surface area contributed by atoms with Crippen molar-refractivity contribution in [3.63, 3.8) is 0 Å². The molecule has 152 valence electrons. The van der Waals surface area contributed by atoms with E-state index in [1.54, 1.807) is 50.6 Å². The summed E-state index contributed by atoms with van der Waals surface area (Å²) in [6, 6.07) is 16.0. The number of nitrogens with zero attached hydrogens (tertiary/aromatic N) is 1. The number of ether oxygens (including phenoxy) is 2. The summed E-state index contributed by atoms with van der Waals surface area (Å²) in [6.45, 7) is 2.82. The molecule has 0 fully saturated rings. The number of hydrogen-bond acceptors (Lipinski definition) is 6. The molecule has 2 aromatic carbocycles. The summed E-state index contributed by atoms with van der Waals surface area (Å²) in [5.41, 5.74) is 2.62. The van der Waals surface area contributed by atoms with Crippen LogP contribution in [0.4, 0.5) is 0 Å². The fraction of sp³-hybridized carbons (Fsp3) is 0.227. The molecule has 0 aliphatic carbocycles. The number of hydrogen-bond donors (Lipinski definition) is 1. The van der Waals surface area contributed by atoms with E-state index in [9.17, 15) is 8.42 Å². The van der Waals surface area contributed by atoms with E-state index in [4.69, 9.17) is 9.47 Å². The van der Waals surface area contributed by atoms with Gasteiger partial charge in [-0.15, -0.1) is 0 Å². The SMILES string of the molecule is COc1ccc(CNCc2cccnc2S(=O)(=O)c2ccc(C)cc2)cc1OC. The maximum absolute atomic E-state index is 13.0. The van der Waals surface area contributed by atoms with Crippen molar-refractivity contribution in [2.24, 2.45) is 0 Å². The third-order valence-electron chi connectivity index (χ3n) is 4.53. The molecule has 0 radical (unpaired) electrons. The van der Waals surface area contributed by atoms with Crippen molar-refractivity contribution in [3.8, 4) is 11.5 Å². The predicted molar refractivity (Wildman–Crippen MR) is 111 cm³/mol. The van der Waals surface area contributed by atoms with Crippen LogP contribution in [0, 0.1) is 6.92 Å². The van der Waals surface area contributed by atoms with Gasteiger partial charge in [0.2, 0.25) is 9.84 Å². The lowest BCUT2D eigenvalue weighted by atomic mass is 10.2. The van der Waals surface area contributed by atoms with E-state index in [0.717, 1.165) is 11.1 Å². The zero-order valence-electron chi connectivity index (χ0n) is 16.7. The molecule has 0 bridgehead atoms. The largest absolute Gasteiger partial charge is 0.493 e. The Morgan fingerprint density at radius 3 is 2.34 bits per heavy atom. The van der Waals surface area contributed by atoms with Crippen LogP contribution in [0.15, 0.2) is 70.7 Å². The van der Waals surface area contributed by atoms with E-state index in [1.807, 2.05) is 25.1 Å². The van der Waals surface area contributed by atoms with Crippen LogP contribution >= 0.6 is 0 Å². The number of methoxy groups -OCH3 is 2. The summed E-state index contributed by atoms with van der Waals surface area (Å²) in [5, 5.41) is 3.35. The molecular formula is C22H24N2O4S. The summed E-state index contributed by atoms with van der Waals surface area (Å²) < 4.78 is 36.6. The Kier molecular flexibility index (Phi) is 6.51. The molecule has 0 saturated carbocycles. The Hall–Kier alpha value is -2.90. The van der Waals surface area contributed by atoms with Crippen molar-refractivity contribution in [3.05, 3.63) is 77.5 Å². The Morgan fingerprint density at radius 2 is 1.66 bits per heavy atom. The molecule has 0 saturated heterocycles. The number of nitrogens with one attached hydrogen (secondary N) is 1. The topological polar surface area (TPSA) is 77.5 Å². The summed E-state index contributed by atoms with van der Waals surface area (Å²) in [6.07, 6.45) is 1.50. The number of rotatable bonds is 8. The third-order valence-corrected chi connectivity index (χ3v) is 6.30. The number of aryl methyl sites for hydroxylation is 1. The molecule has 1 heterocycles. The molecule has 6 nitrogen and oxygen atoms in total. The molecule has 7 heteroatoms. The van der Waals surface area contributed by atoms with Gasteiger partial charge in [-0.3, -0.25) is 0 Å². The monoisotopic (exact) mass is 412 g/mol. The second kappa shape index (κ2) is 9.07. The minimum Gasteiger partial charge on any atom is -0.493 e. The van der Waals surface area contributed by atoms with Crippen LogP contribution < -0.4 is 14.8 Å². The average molecular weight is 413 g/mol. The lowest BCUT2D eigenvalue weighted by molar-refractivity contribution is 0.354. The number of aromatic nitrogens is 1. The molecule has 0 unspecified atom stereocenters. The predicted octanol–water partition coefficient (Wildman–Crippen LogP) is 3.53. The Morgan fingerprint density at radius 1 is 0.931 bits per heavy atom. The first-order valence-electron chi connectivity index (χ1n) is 9.13. The standard InChI is InChI=1S/C22H24N2O4S/c1-16-6-9-19(10-7-16)29(25,26)22-18(5-4-12-24-22)15-23-14-17-8-11-20(27-2)21(13-17)28-3/h4-13,23H,14-15H2,1-3H3. The number of pyridine rings is 1. The molecule has 0 atom stereocenters. The van der Waals surface area contributed by atoms with Crippen molar-refractivity contribution in [1.82, 2.24) is 10.3 Å². The summed E-state index contributed by atoms with van der Waals surface area (Å²) in [7, 11) is -0.507. The first-order valence-corrected chi connectivity index (χ1v) is 10.6. The van der Waals surface area contributed by atoms with Gasteiger partial charge in [-0.2, -0.15) is 0 Å². The van der Waals surface area contributed by atoms with Crippen LogP contribution in [0.2, 0.25) is 0 Å². The van der Waals surface area contributed by atoms with Crippen molar-refractivity contribution >= 4 is 9.84 Å². The molecule has 29 heavy (non-hydrogen) atoms. The molecule has 0 aliphatic rings. The van der Waals surface area contributed by atoms with Crippen LogP contribution in [0.5, 0.6) is 11.5 Å². The van der Waals surface area contributed by atoms with E-state index in [2.05, 4.69) is 10.3 Å². The van der Waals surface area contributed by atoms with Gasteiger partial charge in [-0.1, -0.05) is 29.8 Å². The minimum atomic E-state index is -3.69. The highest BCUT2D eigenvalue weighted by Gasteiger charge is 2.22. The summed E-state index contributed by atoms with van der Waals surface area (Å²) in [4.78, 5) is 4.40. The molecule has 3 rings (SSSR count). The van der Waals surface area contributed by atoms with Crippen molar-refractivity contribution in [2.45, 2.75) is 29.9 Å². The minimum absolute atomic E-state index is 0.0728. The summed E-state index contributed by atoms with van der Waals surface area (Å²) in [5.74, 6) is 1.31. The second-order valence-corrected chi connectivity index (χ2v) is 8.44. The van der Waals surface area contributed by atoms with Gasteiger partial charge in [-0.05, 0) is 42.8 Å². The fourth-order valence-corrected chi connectivity index (χ4v) is 4.36. The molecular weight excluding hydrogens is 388 g/mol. The molecule has 0 aliphatic heterocycles. The zero-order valence-corrected chi connectivity index (χ0v) is 17.5. The Bertz CT molecular complexity index is 1080. The van der Waals surface area contributed by atoms with Gasteiger partial charge in [0.25, 0.3) is 0 Å². The molecule has 1 N–H and O–H groups in total. The van der Waals surface area contributed by atoms with Crippen LogP contribution in [0.25, 0.3) is 0 Å². The maximum atomic E-state index is 13.0. The van der Waals surface area contributed by atoms with Gasteiger partial charge >= 0.3 is 0 Å². The van der Waals surface area contributed by atoms with Crippen molar-refractivity contribution < 1.29 is 17.9 Å². The highest BCUT2D eigenvalue weighted by atomic mass is 32.2. The van der Waals surface area contributed by atoms with Gasteiger partial charge < -0.3 is 14.8 Å². The zero-order chi connectivity index (χ0) is 20.9. The van der Waals surface area contributed by atoms with Gasteiger partial charge in [0, 0.05) is 24.8 Å². The molecule has 1 aromatic heterocycles. The van der Waals surface area contributed by atoms with E-state index in [1.165, 1.54) is 6.20 Å². The van der Waals surface area contributed by atoms with E-state index in [0.29, 0.717) is 30.2 Å². The van der Waals surface area contributed by atoms with Crippen molar-refractivity contribution in [2.75, 3.05) is 14.2 Å². The van der Waals surface area contributed by atoms with Crippen molar-refractivity contribution in [1.29, 1.82) is 0 Å². The van der Waals surface area contributed by atoms with Gasteiger partial charge in [0.15, 0.2) is 16.5 Å². The van der Waals surface area contributed by atoms with Gasteiger partial charge in [0.05, 0.1) is 19.1 Å². The van der Waals surface area contributed by atoms with Crippen LogP contribution in [-0.2, 0) is 22.9 Å². The maximum Gasteiger partial charge on any atom is 0.224 e. The van der Waals surface area contributed by atoms with Gasteiger partial charge in [0.1, 0.15) is 0 Å². The van der Waals surface area contributed by atoms with Gasteiger partial charge in [-0.25, -0.2) is 13.4 Å². The van der Waals surface area contributed by atoms with Crippen LogP contribution in [-0.4, -0.2) is 27.6 Å². The lowest BCUT2D eigenvalue weighted by Gasteiger charge is -2.12. The Balaban J connectivity index is 1.77. The Labute approximate surface area is 171 Å². The van der Waals surface area contributed by atoms with E-state index < -0.39 is 9.84 Å². The normalized spacial score (nSPS) is 11.3. The molecule has 3 aromatic rings. The first-order chi connectivity index (χ1) is 14.0. The number of sulfone groups is 1. The van der Waals surface area contributed by atoms with E-state index >= 15 is 0 Å². The van der Waals surface area contributed by atoms with Crippen LogP contribution in [0.1, 0.15) is 16.7 Å². The highest BCUT2D eigenvalue weighted by Crippen LogP contribution is 2.27. The fourth-order valence-electron chi connectivity index (χ4n) is 2.96. The average Bonchev–Trinajstić information content (AvgIpc) is 2.74. The lowest BCUT2D eigenvalue weighted by Crippen LogP contribution is -2.16. The highest BCUT2D eigenvalue weighted by molar-refractivity contribution is 7.91. The smallest absolute Gasteiger partial charge is 0.224 e. The summed E-state index contributed by atoms with van der Waals surface area (Å²) >= 11 is 0. The molecule has 0 spiro atoms. The second-order valence-electron chi connectivity index (χ2n) is 6.58. The first kappa shape index (κ1) is 20.8. The molecule has 0 amide bonds. The quantitative estimate of drug-likeness (QED) is 0.610. The third kappa shape index (κ3) is 4.75. The van der Waals surface area contributed by atoms with Crippen LogP contribution in [0.3, 0.4) is 0 Å². The van der Waals surface area contributed by atoms with E-state index in [-0.39, 0.29) is 9.92 Å². The number of benzene rings is 2.